The van der Waals surface area contributed by atoms with Crippen LogP contribution in [0, 0.1) is 0 Å². The molecule has 1 aromatic carbocycles. The number of anilines is 1. The van der Waals surface area contributed by atoms with Crippen molar-refractivity contribution < 1.29 is 28.0 Å². The van der Waals surface area contributed by atoms with E-state index in [1.807, 2.05) is 0 Å². The molecule has 2 rings (SSSR count). The molecule has 106 valence electrons. The van der Waals surface area contributed by atoms with Gasteiger partial charge in [0.15, 0.2) is 0 Å². The maximum absolute atomic E-state index is 11.7. The number of hydrogen-bond acceptors (Lipinski definition) is 6. The minimum atomic E-state index is -2.46. The maximum Gasteiger partial charge on any atom is 0.363 e. The first kappa shape index (κ1) is 14.2. The summed E-state index contributed by atoms with van der Waals surface area (Å²) in [7, 11) is 0. The number of carbonyl (C=O) groups is 3. The van der Waals surface area contributed by atoms with Gasteiger partial charge in [0, 0.05) is 29.8 Å². The molecule has 0 spiro atoms. The molecule has 1 aliphatic heterocycles. The van der Waals surface area contributed by atoms with E-state index in [0.717, 1.165) is 0 Å². The lowest BCUT2D eigenvalue weighted by Gasteiger charge is -2.13. The Morgan fingerprint density at radius 2 is 1.75 bits per heavy atom. The lowest BCUT2D eigenvalue weighted by Crippen LogP contribution is -2.32. The maximum atomic E-state index is 11.7. The largest absolute Gasteiger partial charge is 0.755 e. The van der Waals surface area contributed by atoms with Gasteiger partial charge in [0.2, 0.25) is 0 Å². The second kappa shape index (κ2) is 5.80. The molecule has 9 heteroatoms. The zero-order chi connectivity index (χ0) is 14.7. The lowest BCUT2D eigenvalue weighted by molar-refractivity contribution is -0.172. The van der Waals surface area contributed by atoms with E-state index in [0.29, 0.717) is 5.06 Å². The predicted octanol–water partition coefficient (Wildman–Crippen LogP) is 0.113. The van der Waals surface area contributed by atoms with E-state index in [2.05, 4.69) is 4.72 Å². The third-order valence-corrected chi connectivity index (χ3v) is 2.90. The topological polar surface area (TPSA) is 116 Å². The zero-order valence-corrected chi connectivity index (χ0v) is 10.8. The number of nitrogens with zero attached hydrogens (tertiary/aromatic N) is 1. The van der Waals surface area contributed by atoms with Crippen molar-refractivity contribution in [2.45, 2.75) is 12.8 Å². The van der Waals surface area contributed by atoms with E-state index in [9.17, 15) is 23.1 Å². The number of amides is 2. The van der Waals surface area contributed by atoms with Gasteiger partial charge in [-0.1, -0.05) is 0 Å². The van der Waals surface area contributed by atoms with Gasteiger partial charge >= 0.3 is 5.97 Å². The Hall–Kier alpha value is -2.26. The Morgan fingerprint density at radius 3 is 2.25 bits per heavy atom. The van der Waals surface area contributed by atoms with E-state index < -0.39 is 29.1 Å². The zero-order valence-electron chi connectivity index (χ0n) is 10.0. The van der Waals surface area contributed by atoms with Crippen molar-refractivity contribution in [2.75, 3.05) is 4.72 Å². The van der Waals surface area contributed by atoms with Gasteiger partial charge in [-0.05, 0) is 24.3 Å². The molecule has 1 fully saturated rings. The van der Waals surface area contributed by atoms with Crippen molar-refractivity contribution in [3.8, 4) is 0 Å². The van der Waals surface area contributed by atoms with Crippen LogP contribution in [0.4, 0.5) is 5.69 Å². The minimum absolute atomic E-state index is 0.0181. The van der Waals surface area contributed by atoms with Crippen LogP contribution in [0.5, 0.6) is 0 Å². The third kappa shape index (κ3) is 3.19. The van der Waals surface area contributed by atoms with Crippen molar-refractivity contribution in [3.63, 3.8) is 0 Å². The summed E-state index contributed by atoms with van der Waals surface area (Å²) in [5.74, 6) is -2.00. The van der Waals surface area contributed by atoms with Gasteiger partial charge in [0.1, 0.15) is 0 Å². The second-order valence-corrected chi connectivity index (χ2v) is 4.55. The molecule has 1 saturated heterocycles. The normalized spacial score (nSPS) is 16.1. The van der Waals surface area contributed by atoms with Crippen LogP contribution in [-0.2, 0) is 25.7 Å². The van der Waals surface area contributed by atoms with Crippen LogP contribution in [0.15, 0.2) is 24.3 Å². The van der Waals surface area contributed by atoms with Crippen molar-refractivity contribution in [2.24, 2.45) is 0 Å². The van der Waals surface area contributed by atoms with E-state index >= 15 is 0 Å². The van der Waals surface area contributed by atoms with Gasteiger partial charge in [0.25, 0.3) is 11.8 Å². The molecular formula is C11H9N2O6S-. The van der Waals surface area contributed by atoms with Crippen LogP contribution in [0.25, 0.3) is 0 Å². The van der Waals surface area contributed by atoms with Gasteiger partial charge in [-0.15, -0.1) is 5.06 Å². The van der Waals surface area contributed by atoms with Crippen LogP contribution in [0.2, 0.25) is 0 Å². The van der Waals surface area contributed by atoms with E-state index in [1.165, 1.54) is 24.3 Å². The van der Waals surface area contributed by atoms with Gasteiger partial charge < -0.3 is 14.1 Å². The average Bonchev–Trinajstić information content (AvgIpc) is 2.70. The van der Waals surface area contributed by atoms with E-state index in [4.69, 9.17) is 4.84 Å². The summed E-state index contributed by atoms with van der Waals surface area (Å²) in [6.45, 7) is 0. The standard InChI is InChI=1S/C11H10N2O6S/c14-9-5-6-10(15)13(9)19-11(16)7-1-3-8(4-2-7)12-20(17)18/h1-4,12H,5-6H2,(H,17,18)/p-1. The molecule has 0 radical (unpaired) electrons. The van der Waals surface area contributed by atoms with Crippen molar-refractivity contribution in [1.82, 2.24) is 5.06 Å². The summed E-state index contributed by atoms with van der Waals surface area (Å²) in [5, 5.41) is 0.446. The van der Waals surface area contributed by atoms with Gasteiger partial charge in [0.05, 0.1) is 5.56 Å². The molecule has 0 aliphatic carbocycles. The van der Waals surface area contributed by atoms with Crippen molar-refractivity contribution in [3.05, 3.63) is 29.8 Å². The molecule has 1 atom stereocenters. The van der Waals surface area contributed by atoms with Crippen LogP contribution < -0.4 is 4.72 Å². The van der Waals surface area contributed by atoms with E-state index in [-0.39, 0.29) is 24.1 Å². The summed E-state index contributed by atoms with van der Waals surface area (Å²) >= 11 is -2.46. The number of carbonyl (C=O) groups excluding carboxylic acids is 3. The number of hydrogen-bond donors (Lipinski definition) is 1. The molecule has 0 saturated carbocycles. The molecular weight excluding hydrogens is 288 g/mol. The molecule has 0 aromatic heterocycles. The molecule has 20 heavy (non-hydrogen) atoms. The molecule has 0 bridgehead atoms. The molecule has 1 N–H and O–H groups in total. The fourth-order valence-corrected chi connectivity index (χ4v) is 1.89. The quantitative estimate of drug-likeness (QED) is 0.623. The Bertz CT molecular complexity index is 569. The highest BCUT2D eigenvalue weighted by molar-refractivity contribution is 7.80. The molecule has 1 heterocycles. The van der Waals surface area contributed by atoms with Crippen LogP contribution in [0.3, 0.4) is 0 Å². The second-order valence-electron chi connectivity index (χ2n) is 3.87. The Labute approximate surface area is 116 Å². The van der Waals surface area contributed by atoms with E-state index in [1.54, 1.807) is 0 Å². The van der Waals surface area contributed by atoms with Crippen LogP contribution in [-0.4, -0.2) is 31.6 Å². The highest BCUT2D eigenvalue weighted by atomic mass is 32.2. The molecule has 1 aliphatic rings. The highest BCUT2D eigenvalue weighted by Gasteiger charge is 2.33. The summed E-state index contributed by atoms with van der Waals surface area (Å²) in [5.41, 5.74) is 0.350. The van der Waals surface area contributed by atoms with Crippen LogP contribution >= 0.6 is 0 Å². The summed E-state index contributed by atoms with van der Waals surface area (Å²) in [6.07, 6.45) is 0.0363. The predicted molar refractivity (Wildman–Crippen MR) is 65.5 cm³/mol. The number of hydroxylamine groups is 2. The minimum Gasteiger partial charge on any atom is -0.755 e. The average molecular weight is 297 g/mol. The molecule has 8 nitrogen and oxygen atoms in total. The molecule has 1 unspecified atom stereocenters. The summed E-state index contributed by atoms with van der Waals surface area (Å²) < 4.78 is 22.9. The van der Waals surface area contributed by atoms with Crippen molar-refractivity contribution in [1.29, 1.82) is 0 Å². The number of rotatable bonds is 4. The Balaban J connectivity index is 2.04. The smallest absolute Gasteiger partial charge is 0.363 e. The first-order chi connectivity index (χ1) is 9.47. The fraction of sp³-hybridized carbons (Fsp3) is 0.182. The Kier molecular flexibility index (Phi) is 4.11. The summed E-state index contributed by atoms with van der Waals surface area (Å²) in [4.78, 5) is 39.0. The Morgan fingerprint density at radius 1 is 1.20 bits per heavy atom. The number of benzene rings is 1. The molecule has 2 amide bonds. The SMILES string of the molecule is O=C(ON1C(=O)CCC1=O)c1ccc(NS(=O)[O-])cc1. The first-order valence-corrected chi connectivity index (χ1v) is 6.59. The van der Waals surface area contributed by atoms with Gasteiger partial charge in [-0.3, -0.25) is 13.8 Å². The molecule has 1 aromatic rings. The van der Waals surface area contributed by atoms with Gasteiger partial charge in [-0.25, -0.2) is 4.79 Å². The number of imide groups is 1. The van der Waals surface area contributed by atoms with Gasteiger partial charge in [-0.2, -0.15) is 0 Å². The summed E-state index contributed by atoms with van der Waals surface area (Å²) in [6, 6.07) is 5.31. The van der Waals surface area contributed by atoms with Crippen molar-refractivity contribution >= 4 is 34.7 Å². The lowest BCUT2D eigenvalue weighted by atomic mass is 10.2. The monoisotopic (exact) mass is 297 g/mol. The third-order valence-electron chi connectivity index (χ3n) is 2.50. The fourth-order valence-electron chi connectivity index (χ4n) is 1.56. The number of nitrogens with one attached hydrogen (secondary N) is 1. The van der Waals surface area contributed by atoms with Crippen LogP contribution in [0.1, 0.15) is 23.2 Å². The first-order valence-electron chi connectivity index (χ1n) is 5.51. The highest BCUT2D eigenvalue weighted by Crippen LogP contribution is 2.15.